The van der Waals surface area contributed by atoms with Crippen LogP contribution in [0.1, 0.15) is 59.3 Å². The minimum absolute atomic E-state index is 0.0139. The van der Waals surface area contributed by atoms with E-state index in [1.807, 2.05) is 0 Å². The molecule has 0 aromatic carbocycles. The monoisotopic (exact) mass is 295 g/mol. The van der Waals surface area contributed by atoms with Crippen molar-refractivity contribution in [2.75, 3.05) is 19.6 Å². The van der Waals surface area contributed by atoms with Crippen LogP contribution in [-0.2, 0) is 4.79 Å². The predicted octanol–water partition coefficient (Wildman–Crippen LogP) is 2.14. The van der Waals surface area contributed by atoms with Crippen molar-refractivity contribution >= 4 is 5.91 Å². The van der Waals surface area contributed by atoms with Crippen LogP contribution in [0.2, 0.25) is 0 Å². The van der Waals surface area contributed by atoms with E-state index in [2.05, 4.69) is 36.3 Å². The Labute approximate surface area is 130 Å². The number of amides is 1. The molecular weight excluding hydrogens is 262 g/mol. The highest BCUT2D eigenvalue weighted by atomic mass is 16.2. The molecule has 0 spiro atoms. The molecule has 1 aliphatic heterocycles. The molecule has 1 heterocycles. The summed E-state index contributed by atoms with van der Waals surface area (Å²) in [6.45, 7) is 9.73. The summed E-state index contributed by atoms with van der Waals surface area (Å²) in [4.78, 5) is 15.0. The van der Waals surface area contributed by atoms with E-state index in [-0.39, 0.29) is 11.9 Å². The molecule has 1 amide bonds. The first-order valence-electron chi connectivity index (χ1n) is 8.92. The van der Waals surface area contributed by atoms with Crippen molar-refractivity contribution in [2.24, 2.45) is 5.92 Å². The van der Waals surface area contributed by atoms with Crippen LogP contribution < -0.4 is 10.6 Å². The smallest absolute Gasteiger partial charge is 0.237 e. The molecule has 0 aromatic heterocycles. The Kier molecular flexibility index (Phi) is 6.49. The third-order valence-corrected chi connectivity index (χ3v) is 5.09. The lowest BCUT2D eigenvalue weighted by atomic mass is 9.98. The third kappa shape index (κ3) is 4.96. The Morgan fingerprint density at radius 3 is 2.52 bits per heavy atom. The number of rotatable bonds is 8. The first kappa shape index (κ1) is 16.8. The van der Waals surface area contributed by atoms with E-state index in [0.29, 0.717) is 18.0 Å². The number of carbonyl (C=O) groups excluding carboxylic acids is 1. The highest BCUT2D eigenvalue weighted by Gasteiger charge is 2.36. The van der Waals surface area contributed by atoms with Crippen molar-refractivity contribution in [1.82, 2.24) is 15.5 Å². The summed E-state index contributed by atoms with van der Waals surface area (Å²) in [5.41, 5.74) is 0. The van der Waals surface area contributed by atoms with Gasteiger partial charge in [-0.25, -0.2) is 0 Å². The lowest BCUT2D eigenvalue weighted by molar-refractivity contribution is -0.127. The van der Waals surface area contributed by atoms with Gasteiger partial charge in [0.05, 0.1) is 6.04 Å². The molecule has 0 bridgehead atoms. The van der Waals surface area contributed by atoms with Crippen LogP contribution in [0, 0.1) is 5.92 Å². The molecule has 1 saturated carbocycles. The molecule has 2 unspecified atom stereocenters. The van der Waals surface area contributed by atoms with Crippen LogP contribution in [0.15, 0.2) is 0 Å². The van der Waals surface area contributed by atoms with Crippen LogP contribution in [0.5, 0.6) is 0 Å². The van der Waals surface area contributed by atoms with Crippen molar-refractivity contribution in [3.8, 4) is 0 Å². The van der Waals surface area contributed by atoms with Gasteiger partial charge in [0.2, 0.25) is 5.91 Å². The minimum Gasteiger partial charge on any atom is -0.352 e. The second-order valence-corrected chi connectivity index (χ2v) is 6.84. The number of hydrogen-bond donors (Lipinski definition) is 2. The molecule has 2 N–H and O–H groups in total. The fourth-order valence-corrected chi connectivity index (χ4v) is 3.37. The van der Waals surface area contributed by atoms with Gasteiger partial charge in [0.25, 0.3) is 0 Å². The van der Waals surface area contributed by atoms with E-state index in [0.717, 1.165) is 32.5 Å². The maximum Gasteiger partial charge on any atom is 0.237 e. The van der Waals surface area contributed by atoms with Crippen LogP contribution >= 0.6 is 0 Å². The van der Waals surface area contributed by atoms with E-state index >= 15 is 0 Å². The zero-order valence-electron chi connectivity index (χ0n) is 14.0. The van der Waals surface area contributed by atoms with Crippen molar-refractivity contribution in [2.45, 2.75) is 77.4 Å². The molecule has 0 aromatic rings. The highest BCUT2D eigenvalue weighted by Crippen LogP contribution is 2.30. The topological polar surface area (TPSA) is 44.4 Å². The van der Waals surface area contributed by atoms with Gasteiger partial charge < -0.3 is 10.6 Å². The van der Waals surface area contributed by atoms with E-state index in [9.17, 15) is 4.79 Å². The zero-order chi connectivity index (χ0) is 15.2. The van der Waals surface area contributed by atoms with Gasteiger partial charge in [0.15, 0.2) is 0 Å². The molecule has 2 aliphatic rings. The van der Waals surface area contributed by atoms with E-state index in [1.165, 1.54) is 25.7 Å². The second-order valence-electron chi connectivity index (χ2n) is 6.84. The van der Waals surface area contributed by atoms with Crippen LogP contribution in [0.3, 0.4) is 0 Å². The molecule has 2 rings (SSSR count). The van der Waals surface area contributed by atoms with Gasteiger partial charge in [0, 0.05) is 18.6 Å². The molecule has 1 aliphatic carbocycles. The molecule has 122 valence electrons. The van der Waals surface area contributed by atoms with Crippen molar-refractivity contribution in [3.05, 3.63) is 0 Å². The summed E-state index contributed by atoms with van der Waals surface area (Å²) >= 11 is 0. The largest absolute Gasteiger partial charge is 0.352 e. The van der Waals surface area contributed by atoms with Crippen LogP contribution in [0.4, 0.5) is 0 Å². The normalized spacial score (nSPS) is 24.3. The molecule has 2 fully saturated rings. The molecule has 0 radical (unpaired) electrons. The Bertz CT molecular complexity index is 320. The summed E-state index contributed by atoms with van der Waals surface area (Å²) in [6, 6.07) is 0.992. The molecule has 4 heteroatoms. The molecule has 1 saturated heterocycles. The van der Waals surface area contributed by atoms with Gasteiger partial charge in [-0.2, -0.15) is 0 Å². The first-order chi connectivity index (χ1) is 10.2. The van der Waals surface area contributed by atoms with E-state index in [4.69, 9.17) is 0 Å². The fraction of sp³-hybridized carbons (Fsp3) is 0.941. The van der Waals surface area contributed by atoms with Crippen molar-refractivity contribution in [1.29, 1.82) is 0 Å². The van der Waals surface area contributed by atoms with Gasteiger partial charge >= 0.3 is 0 Å². The third-order valence-electron chi connectivity index (χ3n) is 5.09. The molecular formula is C17H33N3O. The minimum atomic E-state index is 0.0139. The second kappa shape index (κ2) is 8.14. The molecule has 2 atom stereocenters. The standard InChI is InChI=1S/C17H33N3O/c1-4-15(5-2)19-17(21)13(3)20(16-8-9-16)12-14-7-6-10-18-11-14/h13-16,18H,4-12H2,1-3H3,(H,19,21). The number of nitrogens with one attached hydrogen (secondary N) is 2. The van der Waals surface area contributed by atoms with E-state index in [1.54, 1.807) is 0 Å². The van der Waals surface area contributed by atoms with Gasteiger partial charge in [-0.05, 0) is 64.5 Å². The Morgan fingerprint density at radius 1 is 1.29 bits per heavy atom. The maximum atomic E-state index is 12.5. The van der Waals surface area contributed by atoms with Gasteiger partial charge in [-0.3, -0.25) is 9.69 Å². The van der Waals surface area contributed by atoms with Crippen molar-refractivity contribution in [3.63, 3.8) is 0 Å². The Morgan fingerprint density at radius 2 is 2.00 bits per heavy atom. The van der Waals surface area contributed by atoms with Gasteiger partial charge in [-0.15, -0.1) is 0 Å². The quantitative estimate of drug-likeness (QED) is 0.721. The summed E-state index contributed by atoms with van der Waals surface area (Å²) in [5.74, 6) is 0.933. The number of piperidine rings is 1. The average molecular weight is 295 g/mol. The summed E-state index contributed by atoms with van der Waals surface area (Å²) in [6.07, 6.45) is 7.15. The Hall–Kier alpha value is -0.610. The average Bonchev–Trinajstić information content (AvgIpc) is 3.35. The SMILES string of the molecule is CCC(CC)NC(=O)C(C)N(CC1CCCNC1)C1CC1. The summed E-state index contributed by atoms with van der Waals surface area (Å²) in [5, 5.41) is 6.71. The lowest BCUT2D eigenvalue weighted by Gasteiger charge is -2.34. The van der Waals surface area contributed by atoms with Gasteiger partial charge in [0.1, 0.15) is 0 Å². The predicted molar refractivity (Wildman–Crippen MR) is 87.3 cm³/mol. The summed E-state index contributed by atoms with van der Waals surface area (Å²) in [7, 11) is 0. The van der Waals surface area contributed by atoms with Crippen LogP contribution in [-0.4, -0.2) is 48.6 Å². The highest BCUT2D eigenvalue weighted by molar-refractivity contribution is 5.81. The fourth-order valence-electron chi connectivity index (χ4n) is 3.37. The number of carbonyl (C=O) groups is 1. The van der Waals surface area contributed by atoms with Crippen molar-refractivity contribution < 1.29 is 4.79 Å². The Balaban J connectivity index is 1.88. The molecule has 21 heavy (non-hydrogen) atoms. The summed E-state index contributed by atoms with van der Waals surface area (Å²) < 4.78 is 0. The number of nitrogens with zero attached hydrogens (tertiary/aromatic N) is 1. The van der Waals surface area contributed by atoms with E-state index < -0.39 is 0 Å². The first-order valence-corrected chi connectivity index (χ1v) is 8.92. The lowest BCUT2D eigenvalue weighted by Crippen LogP contribution is -2.51. The van der Waals surface area contributed by atoms with Crippen LogP contribution in [0.25, 0.3) is 0 Å². The maximum absolute atomic E-state index is 12.5. The van der Waals surface area contributed by atoms with Gasteiger partial charge in [-0.1, -0.05) is 13.8 Å². The number of hydrogen-bond acceptors (Lipinski definition) is 3. The zero-order valence-corrected chi connectivity index (χ0v) is 14.0. The molecule has 4 nitrogen and oxygen atoms in total.